The van der Waals surface area contributed by atoms with Crippen molar-refractivity contribution in [3.63, 3.8) is 0 Å². The standard InChI is InChI=1S/C12H25N3OS/c1-6-15(7-9(2)11(13)17)8-10(16)14-12(3,4)5/h9H,6-8H2,1-5H3,(H2,13,17)(H,14,16). The van der Waals surface area contributed by atoms with Gasteiger partial charge in [-0.05, 0) is 27.3 Å². The predicted molar refractivity (Wildman–Crippen MR) is 76.0 cm³/mol. The van der Waals surface area contributed by atoms with Crippen LogP contribution in [0.5, 0.6) is 0 Å². The van der Waals surface area contributed by atoms with E-state index in [2.05, 4.69) is 5.32 Å². The molecule has 100 valence electrons. The number of nitrogens with zero attached hydrogens (tertiary/aromatic N) is 1. The minimum absolute atomic E-state index is 0.0366. The van der Waals surface area contributed by atoms with Gasteiger partial charge < -0.3 is 11.1 Å². The minimum atomic E-state index is -0.189. The number of thiocarbonyl (C=S) groups is 1. The van der Waals surface area contributed by atoms with Crippen molar-refractivity contribution in [2.24, 2.45) is 11.7 Å². The van der Waals surface area contributed by atoms with Crippen molar-refractivity contribution < 1.29 is 4.79 Å². The van der Waals surface area contributed by atoms with Crippen molar-refractivity contribution >= 4 is 23.1 Å². The zero-order valence-corrected chi connectivity index (χ0v) is 12.4. The van der Waals surface area contributed by atoms with Gasteiger partial charge in [0.05, 0.1) is 11.5 Å². The van der Waals surface area contributed by atoms with E-state index in [1.807, 2.05) is 39.5 Å². The monoisotopic (exact) mass is 259 g/mol. The van der Waals surface area contributed by atoms with Gasteiger partial charge in [0.1, 0.15) is 0 Å². The summed E-state index contributed by atoms with van der Waals surface area (Å²) in [5.41, 5.74) is 5.39. The van der Waals surface area contributed by atoms with E-state index < -0.39 is 0 Å². The van der Waals surface area contributed by atoms with E-state index in [0.717, 1.165) is 13.1 Å². The molecule has 0 rings (SSSR count). The first-order valence-electron chi connectivity index (χ1n) is 5.98. The van der Waals surface area contributed by atoms with Gasteiger partial charge in [0.2, 0.25) is 5.91 Å². The lowest BCUT2D eigenvalue weighted by atomic mass is 10.1. The van der Waals surface area contributed by atoms with Gasteiger partial charge in [-0.1, -0.05) is 26.1 Å². The van der Waals surface area contributed by atoms with Crippen molar-refractivity contribution in [3.8, 4) is 0 Å². The SMILES string of the molecule is CCN(CC(=O)NC(C)(C)C)CC(C)C(N)=S. The molecule has 5 heteroatoms. The van der Waals surface area contributed by atoms with E-state index in [0.29, 0.717) is 11.5 Å². The molecule has 0 saturated carbocycles. The van der Waals surface area contributed by atoms with E-state index in [4.69, 9.17) is 18.0 Å². The van der Waals surface area contributed by atoms with Crippen LogP contribution in [0.15, 0.2) is 0 Å². The van der Waals surface area contributed by atoms with Crippen molar-refractivity contribution in [2.45, 2.75) is 40.2 Å². The average Bonchev–Trinajstić information content (AvgIpc) is 2.13. The summed E-state index contributed by atoms with van der Waals surface area (Å²) in [5.74, 6) is 0.168. The van der Waals surface area contributed by atoms with E-state index >= 15 is 0 Å². The summed E-state index contributed by atoms with van der Waals surface area (Å²) in [5, 5.41) is 2.94. The molecule has 0 heterocycles. The number of nitrogens with two attached hydrogens (primary N) is 1. The number of hydrogen-bond donors (Lipinski definition) is 2. The Kier molecular flexibility index (Phi) is 6.64. The first kappa shape index (κ1) is 16.3. The molecule has 0 aliphatic carbocycles. The number of hydrogen-bond acceptors (Lipinski definition) is 3. The van der Waals surface area contributed by atoms with Crippen LogP contribution < -0.4 is 11.1 Å². The summed E-state index contributed by atoms with van der Waals surface area (Å²) in [4.78, 5) is 14.3. The molecule has 0 aromatic heterocycles. The molecule has 1 amide bonds. The van der Waals surface area contributed by atoms with Crippen LogP contribution in [0.1, 0.15) is 34.6 Å². The Labute approximate surface area is 110 Å². The maximum absolute atomic E-state index is 11.8. The van der Waals surface area contributed by atoms with Crippen LogP contribution in [0.4, 0.5) is 0 Å². The molecule has 0 saturated heterocycles. The number of nitrogens with one attached hydrogen (secondary N) is 1. The molecule has 4 nitrogen and oxygen atoms in total. The molecule has 0 aromatic carbocycles. The van der Waals surface area contributed by atoms with Crippen LogP contribution in [0.3, 0.4) is 0 Å². The number of amides is 1. The minimum Gasteiger partial charge on any atom is -0.393 e. The summed E-state index contributed by atoms with van der Waals surface area (Å²) in [7, 11) is 0. The van der Waals surface area contributed by atoms with Crippen molar-refractivity contribution in [1.29, 1.82) is 0 Å². The molecule has 0 aliphatic rings. The highest BCUT2D eigenvalue weighted by molar-refractivity contribution is 7.80. The Hall–Kier alpha value is -0.680. The van der Waals surface area contributed by atoms with Crippen LogP contribution in [-0.2, 0) is 4.79 Å². The van der Waals surface area contributed by atoms with Gasteiger partial charge in [0.15, 0.2) is 0 Å². The van der Waals surface area contributed by atoms with E-state index in [9.17, 15) is 4.79 Å². The highest BCUT2D eigenvalue weighted by Gasteiger charge is 2.17. The zero-order chi connectivity index (χ0) is 13.6. The second kappa shape index (κ2) is 6.91. The predicted octanol–water partition coefficient (Wildman–Crippen LogP) is 1.15. The largest absolute Gasteiger partial charge is 0.393 e. The van der Waals surface area contributed by atoms with Crippen LogP contribution in [0.2, 0.25) is 0 Å². The Morgan fingerprint density at radius 2 is 2.00 bits per heavy atom. The normalized spacial score (nSPS) is 13.5. The Morgan fingerprint density at radius 1 is 1.47 bits per heavy atom. The highest BCUT2D eigenvalue weighted by Crippen LogP contribution is 2.02. The van der Waals surface area contributed by atoms with E-state index in [-0.39, 0.29) is 17.4 Å². The molecule has 0 spiro atoms. The molecule has 0 aliphatic heterocycles. The lowest BCUT2D eigenvalue weighted by molar-refractivity contribution is -0.123. The van der Waals surface area contributed by atoms with Gasteiger partial charge in [0.25, 0.3) is 0 Å². The third kappa shape index (κ3) is 8.10. The van der Waals surface area contributed by atoms with Crippen molar-refractivity contribution in [1.82, 2.24) is 10.2 Å². The summed E-state index contributed by atoms with van der Waals surface area (Å²) >= 11 is 4.94. The number of likely N-dealkylation sites (N-methyl/N-ethyl adjacent to an activating group) is 1. The van der Waals surface area contributed by atoms with Gasteiger partial charge in [-0.2, -0.15) is 0 Å². The first-order chi connectivity index (χ1) is 7.65. The molecule has 1 atom stereocenters. The fourth-order valence-electron chi connectivity index (χ4n) is 1.44. The van der Waals surface area contributed by atoms with E-state index in [1.54, 1.807) is 0 Å². The fraction of sp³-hybridized carbons (Fsp3) is 0.833. The highest BCUT2D eigenvalue weighted by atomic mass is 32.1. The molecular formula is C12H25N3OS. The fourth-order valence-corrected chi connectivity index (χ4v) is 1.52. The molecule has 17 heavy (non-hydrogen) atoms. The number of rotatable bonds is 6. The molecule has 3 N–H and O–H groups in total. The van der Waals surface area contributed by atoms with Crippen LogP contribution in [0.25, 0.3) is 0 Å². The van der Waals surface area contributed by atoms with Gasteiger partial charge >= 0.3 is 0 Å². The van der Waals surface area contributed by atoms with Gasteiger partial charge in [-0.3, -0.25) is 9.69 Å². The first-order valence-corrected chi connectivity index (χ1v) is 6.39. The average molecular weight is 259 g/mol. The molecular weight excluding hydrogens is 234 g/mol. The lowest BCUT2D eigenvalue weighted by Gasteiger charge is -2.26. The second-order valence-corrected chi connectivity index (χ2v) is 5.90. The maximum Gasteiger partial charge on any atom is 0.234 e. The molecule has 0 radical (unpaired) electrons. The summed E-state index contributed by atoms with van der Waals surface area (Å²) < 4.78 is 0. The van der Waals surface area contributed by atoms with Crippen molar-refractivity contribution in [3.05, 3.63) is 0 Å². The van der Waals surface area contributed by atoms with Gasteiger partial charge in [-0.25, -0.2) is 0 Å². The smallest absolute Gasteiger partial charge is 0.234 e. The van der Waals surface area contributed by atoms with Crippen LogP contribution in [-0.4, -0.2) is 41.0 Å². The molecule has 0 bridgehead atoms. The number of carbonyl (C=O) groups is 1. The van der Waals surface area contributed by atoms with Crippen molar-refractivity contribution in [2.75, 3.05) is 19.6 Å². The summed E-state index contributed by atoms with van der Waals surface area (Å²) in [6, 6.07) is 0. The quantitative estimate of drug-likeness (QED) is 0.703. The van der Waals surface area contributed by atoms with Crippen LogP contribution >= 0.6 is 12.2 Å². The molecule has 0 fully saturated rings. The van der Waals surface area contributed by atoms with E-state index in [1.165, 1.54) is 0 Å². The maximum atomic E-state index is 11.8. The topological polar surface area (TPSA) is 58.4 Å². The molecule has 0 aromatic rings. The summed E-state index contributed by atoms with van der Waals surface area (Å²) in [6.45, 7) is 11.8. The number of carbonyl (C=O) groups excluding carboxylic acids is 1. The lowest BCUT2D eigenvalue weighted by Crippen LogP contribution is -2.47. The zero-order valence-electron chi connectivity index (χ0n) is 11.5. The third-order valence-corrected chi connectivity index (χ3v) is 2.75. The van der Waals surface area contributed by atoms with Gasteiger partial charge in [-0.15, -0.1) is 0 Å². The molecule has 1 unspecified atom stereocenters. The third-order valence-electron chi connectivity index (χ3n) is 2.35. The summed E-state index contributed by atoms with van der Waals surface area (Å²) in [6.07, 6.45) is 0. The second-order valence-electron chi connectivity index (χ2n) is 5.43. The Balaban J connectivity index is 4.22. The Morgan fingerprint density at radius 3 is 2.35 bits per heavy atom. The van der Waals surface area contributed by atoms with Gasteiger partial charge in [0, 0.05) is 18.0 Å². The van der Waals surface area contributed by atoms with Crippen LogP contribution in [0, 0.1) is 5.92 Å². The Bertz CT molecular complexity index is 273.